The summed E-state index contributed by atoms with van der Waals surface area (Å²) in [6, 6.07) is 0. The van der Waals surface area contributed by atoms with Gasteiger partial charge in [-0.2, -0.15) is 0 Å². The highest BCUT2D eigenvalue weighted by Gasteiger charge is 2.19. The third kappa shape index (κ3) is 65.1. The summed E-state index contributed by atoms with van der Waals surface area (Å²) in [6.07, 6.45) is 91.6. The quantitative estimate of drug-likeness (QED) is 0.0261. The van der Waals surface area contributed by atoms with Crippen LogP contribution in [-0.2, 0) is 28.6 Å². The van der Waals surface area contributed by atoms with E-state index in [2.05, 4.69) is 118 Å². The predicted molar refractivity (Wildman–Crippen MR) is 348 cm³/mol. The molecule has 0 aliphatic heterocycles. The van der Waals surface area contributed by atoms with Crippen LogP contribution in [-0.4, -0.2) is 37.2 Å². The van der Waals surface area contributed by atoms with Crippen molar-refractivity contribution in [1.29, 1.82) is 0 Å². The van der Waals surface area contributed by atoms with Crippen molar-refractivity contribution in [1.82, 2.24) is 0 Å². The van der Waals surface area contributed by atoms with Gasteiger partial charge in [-0.05, 0) is 116 Å². The predicted octanol–water partition coefficient (Wildman–Crippen LogP) is 23.6. The fraction of sp³-hybridized carbons (Fsp3) is 0.743. The largest absolute Gasteiger partial charge is 0.462 e. The van der Waals surface area contributed by atoms with Gasteiger partial charge >= 0.3 is 17.9 Å². The van der Waals surface area contributed by atoms with Gasteiger partial charge in [0, 0.05) is 19.3 Å². The fourth-order valence-corrected chi connectivity index (χ4v) is 9.68. The monoisotopic (exact) mass is 1110 g/mol. The third-order valence-corrected chi connectivity index (χ3v) is 14.8. The number of hydrogen-bond donors (Lipinski definition) is 0. The first-order valence-electron chi connectivity index (χ1n) is 34.2. The van der Waals surface area contributed by atoms with Crippen LogP contribution < -0.4 is 0 Å². The molecule has 0 bridgehead atoms. The van der Waals surface area contributed by atoms with Gasteiger partial charge in [0.25, 0.3) is 0 Å². The minimum absolute atomic E-state index is 0.0783. The Morgan fingerprint density at radius 3 is 0.825 bits per heavy atom. The Morgan fingerprint density at radius 1 is 0.263 bits per heavy atom. The maximum absolute atomic E-state index is 12.9. The van der Waals surface area contributed by atoms with Crippen LogP contribution in [0.1, 0.15) is 335 Å². The van der Waals surface area contributed by atoms with Crippen molar-refractivity contribution in [2.45, 2.75) is 341 Å². The zero-order chi connectivity index (χ0) is 57.8. The highest BCUT2D eigenvalue weighted by Crippen LogP contribution is 2.17. The summed E-state index contributed by atoms with van der Waals surface area (Å²) in [4.78, 5) is 38.2. The Bertz CT molecular complexity index is 1560. The topological polar surface area (TPSA) is 78.9 Å². The van der Waals surface area contributed by atoms with Crippen LogP contribution in [0.4, 0.5) is 0 Å². The number of hydrogen-bond acceptors (Lipinski definition) is 6. The van der Waals surface area contributed by atoms with Crippen LogP contribution in [0.25, 0.3) is 0 Å². The van der Waals surface area contributed by atoms with Crippen LogP contribution in [0.5, 0.6) is 0 Å². The highest BCUT2D eigenvalue weighted by molar-refractivity contribution is 5.71. The van der Waals surface area contributed by atoms with Crippen LogP contribution in [0, 0.1) is 0 Å². The molecule has 0 radical (unpaired) electrons. The molecule has 0 aromatic heterocycles. The Balaban J connectivity index is 4.10. The number of carbonyl (C=O) groups excluding carboxylic acids is 3. The van der Waals surface area contributed by atoms with Crippen LogP contribution in [0.15, 0.2) is 97.2 Å². The average molecular weight is 1110 g/mol. The summed E-state index contributed by atoms with van der Waals surface area (Å²) < 4.78 is 16.9. The highest BCUT2D eigenvalue weighted by atomic mass is 16.6. The molecular formula is C74H128O6. The molecule has 1 atom stereocenters. The molecule has 1 unspecified atom stereocenters. The number of unbranched alkanes of at least 4 members (excludes halogenated alkanes) is 35. The molecular weight excluding hydrogens is 985 g/mol. The molecule has 0 saturated carbocycles. The maximum atomic E-state index is 12.9. The Kier molecular flexibility index (Phi) is 64.7. The first-order valence-corrected chi connectivity index (χ1v) is 34.2. The van der Waals surface area contributed by atoms with Gasteiger partial charge in [0.15, 0.2) is 6.10 Å². The van der Waals surface area contributed by atoms with E-state index in [-0.39, 0.29) is 31.1 Å². The number of ether oxygens (including phenoxy) is 3. The molecule has 0 fully saturated rings. The van der Waals surface area contributed by atoms with Gasteiger partial charge in [0.1, 0.15) is 13.2 Å². The zero-order valence-electron chi connectivity index (χ0n) is 52.8. The first kappa shape index (κ1) is 76.3. The van der Waals surface area contributed by atoms with E-state index in [0.29, 0.717) is 19.3 Å². The lowest BCUT2D eigenvalue weighted by molar-refractivity contribution is -0.167. The first-order chi connectivity index (χ1) is 39.5. The summed E-state index contributed by atoms with van der Waals surface area (Å²) in [5.74, 6) is -0.881. The molecule has 6 nitrogen and oxygen atoms in total. The van der Waals surface area contributed by atoms with Gasteiger partial charge in [0.2, 0.25) is 0 Å². The Labute approximate surface area is 496 Å². The van der Waals surface area contributed by atoms with Gasteiger partial charge in [-0.1, -0.05) is 298 Å². The van der Waals surface area contributed by atoms with E-state index in [1.807, 2.05) is 0 Å². The van der Waals surface area contributed by atoms with Crippen LogP contribution >= 0.6 is 0 Å². The molecule has 0 heterocycles. The summed E-state index contributed by atoms with van der Waals surface area (Å²) >= 11 is 0. The summed E-state index contributed by atoms with van der Waals surface area (Å²) in [6.45, 7) is 6.48. The minimum Gasteiger partial charge on any atom is -0.462 e. The molecule has 0 aromatic rings. The smallest absolute Gasteiger partial charge is 0.306 e. The molecule has 6 heteroatoms. The van der Waals surface area contributed by atoms with Gasteiger partial charge < -0.3 is 14.2 Å². The number of esters is 3. The van der Waals surface area contributed by atoms with Crippen LogP contribution in [0.2, 0.25) is 0 Å². The molecule has 0 N–H and O–H groups in total. The molecule has 0 saturated heterocycles. The molecule has 0 rings (SSSR count). The van der Waals surface area contributed by atoms with Crippen molar-refractivity contribution in [2.75, 3.05) is 13.2 Å². The number of rotatable bonds is 62. The van der Waals surface area contributed by atoms with Gasteiger partial charge in [-0.15, -0.1) is 0 Å². The van der Waals surface area contributed by atoms with Crippen molar-refractivity contribution in [3.8, 4) is 0 Å². The molecule has 0 spiro atoms. The SMILES string of the molecule is CC/C=C\C/C=C\C/C=C\C/C=C\C/C=C\C/C=C\CCCCCCCCCCCCCCCCCCC(=O)OCC(COC(=O)CCCCCCC/C=C\CCC)OC(=O)CCCCCCCCC/C=C\CCCCCCCC. The van der Waals surface area contributed by atoms with Crippen LogP contribution in [0.3, 0.4) is 0 Å². The normalized spacial score (nSPS) is 12.7. The summed E-state index contributed by atoms with van der Waals surface area (Å²) in [7, 11) is 0. The van der Waals surface area contributed by atoms with Gasteiger partial charge in [-0.3, -0.25) is 14.4 Å². The molecule has 0 aromatic carbocycles. The molecule has 0 amide bonds. The van der Waals surface area contributed by atoms with E-state index in [1.54, 1.807) is 0 Å². The second kappa shape index (κ2) is 67.8. The maximum Gasteiger partial charge on any atom is 0.306 e. The van der Waals surface area contributed by atoms with E-state index in [0.717, 1.165) is 109 Å². The van der Waals surface area contributed by atoms with Gasteiger partial charge in [0.05, 0.1) is 0 Å². The van der Waals surface area contributed by atoms with E-state index in [9.17, 15) is 14.4 Å². The van der Waals surface area contributed by atoms with E-state index >= 15 is 0 Å². The van der Waals surface area contributed by atoms with Crippen molar-refractivity contribution >= 4 is 17.9 Å². The Morgan fingerprint density at radius 2 is 0.512 bits per heavy atom. The van der Waals surface area contributed by atoms with Gasteiger partial charge in [-0.25, -0.2) is 0 Å². The molecule has 80 heavy (non-hydrogen) atoms. The number of carbonyl (C=O) groups is 3. The van der Waals surface area contributed by atoms with E-state index in [4.69, 9.17) is 14.2 Å². The summed E-state index contributed by atoms with van der Waals surface area (Å²) in [5, 5.41) is 0. The van der Waals surface area contributed by atoms with Crippen molar-refractivity contribution in [3.63, 3.8) is 0 Å². The lowest BCUT2D eigenvalue weighted by atomic mass is 10.0. The van der Waals surface area contributed by atoms with Crippen molar-refractivity contribution in [3.05, 3.63) is 97.2 Å². The zero-order valence-corrected chi connectivity index (χ0v) is 52.8. The average Bonchev–Trinajstić information content (AvgIpc) is 3.46. The second-order valence-corrected chi connectivity index (χ2v) is 22.7. The van der Waals surface area contributed by atoms with Crippen molar-refractivity contribution in [2.24, 2.45) is 0 Å². The fourth-order valence-electron chi connectivity index (χ4n) is 9.68. The molecule has 0 aliphatic rings. The second-order valence-electron chi connectivity index (χ2n) is 22.7. The molecule has 460 valence electrons. The minimum atomic E-state index is -0.781. The lowest BCUT2D eigenvalue weighted by Crippen LogP contribution is -2.30. The standard InChI is InChI=1S/C74H128O6/c1-4-7-10-13-16-19-22-24-26-28-29-30-31-32-33-34-35-36-37-38-39-40-41-42-43-44-45-47-48-50-52-55-58-61-64-67-73(76)79-70-71(69-78-72(75)66-63-60-57-54-21-18-15-12-9-6-3)80-74(77)68-65-62-59-56-53-51-49-46-27-25-23-20-17-14-11-8-5-2/h7,10,12,15-16,19,24-27,29-30,32-33,35-36,71H,4-6,8-9,11,13-14,17-18,20-23,28,31,34,37-70H2,1-3H3/b10-7-,15-12-,19-16-,26-24-,27-25-,30-29-,33-32-,36-35-. The third-order valence-electron chi connectivity index (χ3n) is 14.8. The summed E-state index contributed by atoms with van der Waals surface area (Å²) in [5.41, 5.74) is 0. The molecule has 0 aliphatic carbocycles. The number of allylic oxidation sites excluding steroid dienone is 16. The van der Waals surface area contributed by atoms with E-state index in [1.165, 1.54) is 186 Å². The Hall–Kier alpha value is -3.67. The van der Waals surface area contributed by atoms with Crippen molar-refractivity contribution < 1.29 is 28.6 Å². The lowest BCUT2D eigenvalue weighted by Gasteiger charge is -2.18. The van der Waals surface area contributed by atoms with E-state index < -0.39 is 6.10 Å².